The summed E-state index contributed by atoms with van der Waals surface area (Å²) in [6.07, 6.45) is 0.665. The molecule has 0 spiro atoms. The molecule has 1 amide bonds. The first kappa shape index (κ1) is 27.3. The van der Waals surface area contributed by atoms with E-state index in [0.29, 0.717) is 44.3 Å². The minimum absolute atomic E-state index is 0.0485. The number of primary amides is 1. The van der Waals surface area contributed by atoms with Crippen LogP contribution >= 0.6 is 0 Å². The normalized spacial score (nSPS) is 12.5. The van der Waals surface area contributed by atoms with Gasteiger partial charge in [-0.05, 0) is 65.6 Å². The fourth-order valence-electron chi connectivity index (χ4n) is 5.44. The van der Waals surface area contributed by atoms with E-state index in [-0.39, 0.29) is 17.5 Å². The SMILES string of the molecule is CC(O[SH](=O)=O)c1ccc2c(c1)[nH]c1c(C(N)=O)ccc(-c3cccc(-n4cnc5ccc(F)cc5c4=O)c3CN)c12. The van der Waals surface area contributed by atoms with Crippen molar-refractivity contribution in [1.29, 1.82) is 0 Å². The van der Waals surface area contributed by atoms with Crippen LogP contribution in [-0.4, -0.2) is 28.9 Å². The summed E-state index contributed by atoms with van der Waals surface area (Å²) in [5, 5.41) is 1.57. The summed E-state index contributed by atoms with van der Waals surface area (Å²) in [7, 11) is -3.05. The number of halogens is 1. The highest BCUT2D eigenvalue weighted by Crippen LogP contribution is 2.39. The van der Waals surface area contributed by atoms with Gasteiger partial charge in [-0.25, -0.2) is 17.8 Å². The van der Waals surface area contributed by atoms with E-state index < -0.39 is 34.4 Å². The molecule has 2 heterocycles. The Morgan fingerprint density at radius 1 is 1.07 bits per heavy atom. The predicted molar refractivity (Wildman–Crippen MR) is 158 cm³/mol. The van der Waals surface area contributed by atoms with E-state index >= 15 is 0 Å². The van der Waals surface area contributed by atoms with E-state index in [9.17, 15) is 22.4 Å². The van der Waals surface area contributed by atoms with E-state index in [1.54, 1.807) is 43.3 Å². The van der Waals surface area contributed by atoms with Gasteiger partial charge in [-0.2, -0.15) is 0 Å². The molecular formula is C30H24FN5O5S. The van der Waals surface area contributed by atoms with Crippen molar-refractivity contribution >= 4 is 49.6 Å². The molecule has 5 N–H and O–H groups in total. The van der Waals surface area contributed by atoms with Gasteiger partial charge in [0.15, 0.2) is 0 Å². The lowest BCUT2D eigenvalue weighted by Crippen LogP contribution is -2.21. The number of carbonyl (C=O) groups is 1. The molecule has 6 aromatic rings. The second-order valence-corrected chi connectivity index (χ2v) is 10.4. The third-order valence-corrected chi connectivity index (χ3v) is 7.87. The van der Waals surface area contributed by atoms with Gasteiger partial charge >= 0.3 is 0 Å². The van der Waals surface area contributed by atoms with E-state index in [0.717, 1.165) is 17.0 Å². The minimum Gasteiger partial charge on any atom is -0.366 e. The lowest BCUT2D eigenvalue weighted by molar-refractivity contribution is 0.100. The molecule has 0 aliphatic carbocycles. The first-order valence-corrected chi connectivity index (χ1v) is 14.0. The van der Waals surface area contributed by atoms with Crippen LogP contribution in [0, 0.1) is 5.82 Å². The van der Waals surface area contributed by atoms with Crippen molar-refractivity contribution in [3.05, 3.63) is 106 Å². The third-order valence-electron chi connectivity index (χ3n) is 7.38. The second-order valence-electron chi connectivity index (χ2n) is 9.76. The van der Waals surface area contributed by atoms with Crippen LogP contribution in [0.1, 0.15) is 34.5 Å². The van der Waals surface area contributed by atoms with Crippen molar-refractivity contribution in [3.8, 4) is 16.8 Å². The maximum atomic E-state index is 14.0. The van der Waals surface area contributed by atoms with Crippen LogP contribution in [0.2, 0.25) is 0 Å². The zero-order valence-corrected chi connectivity index (χ0v) is 23.0. The Morgan fingerprint density at radius 3 is 2.62 bits per heavy atom. The molecule has 212 valence electrons. The van der Waals surface area contributed by atoms with Gasteiger partial charge in [0.2, 0.25) is 0 Å². The lowest BCUT2D eigenvalue weighted by atomic mass is 9.92. The summed E-state index contributed by atoms with van der Waals surface area (Å²) in [5.41, 5.74) is 16.4. The van der Waals surface area contributed by atoms with Gasteiger partial charge in [0.1, 0.15) is 12.1 Å². The first-order chi connectivity index (χ1) is 20.2. The maximum absolute atomic E-state index is 14.0. The number of nitrogens with two attached hydrogens (primary N) is 2. The number of fused-ring (bicyclic) bond motifs is 4. The molecule has 1 atom stereocenters. The van der Waals surface area contributed by atoms with Crippen molar-refractivity contribution in [3.63, 3.8) is 0 Å². The molecule has 10 nitrogen and oxygen atoms in total. The molecule has 6 rings (SSSR count). The molecule has 0 saturated heterocycles. The van der Waals surface area contributed by atoms with Gasteiger partial charge in [-0.15, -0.1) is 0 Å². The van der Waals surface area contributed by atoms with Crippen molar-refractivity contribution in [2.45, 2.75) is 19.6 Å². The Labute approximate surface area is 239 Å². The Hall–Kier alpha value is -4.91. The average molecular weight is 586 g/mol. The zero-order chi connectivity index (χ0) is 29.7. The number of aromatic nitrogens is 3. The van der Waals surface area contributed by atoms with E-state index in [4.69, 9.17) is 15.7 Å². The molecule has 0 saturated carbocycles. The fraction of sp³-hybridized carbons (Fsp3) is 0.100. The number of H-pyrrole nitrogens is 1. The Kier molecular flexibility index (Phi) is 6.81. The molecule has 0 bridgehead atoms. The molecular weight excluding hydrogens is 561 g/mol. The van der Waals surface area contributed by atoms with Crippen molar-refractivity contribution in [2.24, 2.45) is 11.5 Å². The zero-order valence-electron chi connectivity index (χ0n) is 22.1. The highest BCUT2D eigenvalue weighted by Gasteiger charge is 2.21. The van der Waals surface area contributed by atoms with Crippen LogP contribution in [0.5, 0.6) is 0 Å². The molecule has 12 heteroatoms. The van der Waals surface area contributed by atoms with Crippen LogP contribution in [0.15, 0.2) is 77.9 Å². The molecule has 1 unspecified atom stereocenters. The molecule has 0 radical (unpaired) electrons. The van der Waals surface area contributed by atoms with Gasteiger partial charge in [-0.3, -0.25) is 18.3 Å². The number of carbonyl (C=O) groups excluding carboxylic acids is 1. The quantitative estimate of drug-likeness (QED) is 0.206. The number of thiol groups is 1. The molecule has 42 heavy (non-hydrogen) atoms. The minimum atomic E-state index is -3.05. The molecule has 0 fully saturated rings. The van der Waals surface area contributed by atoms with Crippen LogP contribution in [0.25, 0.3) is 49.5 Å². The Bertz CT molecular complexity index is 2200. The van der Waals surface area contributed by atoms with Gasteiger partial charge in [0.25, 0.3) is 22.5 Å². The van der Waals surface area contributed by atoms with E-state index in [2.05, 4.69) is 9.97 Å². The summed E-state index contributed by atoms with van der Waals surface area (Å²) in [4.78, 5) is 33.4. The number of hydrogen-bond donors (Lipinski definition) is 4. The molecule has 2 aromatic heterocycles. The van der Waals surface area contributed by atoms with Gasteiger partial charge < -0.3 is 16.5 Å². The number of amides is 1. The van der Waals surface area contributed by atoms with Crippen LogP contribution in [0.3, 0.4) is 0 Å². The largest absolute Gasteiger partial charge is 0.366 e. The summed E-state index contributed by atoms with van der Waals surface area (Å²) in [5.74, 6) is -1.18. The van der Waals surface area contributed by atoms with E-state index in [1.807, 2.05) is 12.1 Å². The van der Waals surface area contributed by atoms with Crippen molar-refractivity contribution in [1.82, 2.24) is 14.5 Å². The van der Waals surface area contributed by atoms with Gasteiger partial charge in [0, 0.05) is 22.8 Å². The maximum Gasteiger partial charge on any atom is 0.265 e. The number of aromatic amines is 1. The standard InChI is InChI=1S/C30H24FN5O5S/c1-15(41-42(39)40)16-5-7-20-25(11-16)35-28-21(29(33)37)9-8-19(27(20)28)18-3-2-4-26(23(18)13-32)36-14-34-24-10-6-17(31)12-22(24)30(36)38/h2-12,14-15,35,42H,13,32H2,1H3,(H2,33,37). The average Bonchev–Trinajstić information content (AvgIpc) is 3.35. The van der Waals surface area contributed by atoms with Crippen molar-refractivity contribution < 1.29 is 21.8 Å². The number of benzene rings is 4. The van der Waals surface area contributed by atoms with Crippen LogP contribution in [-0.2, 0) is 21.7 Å². The fourth-order valence-corrected chi connectivity index (χ4v) is 5.82. The third kappa shape index (κ3) is 4.51. The predicted octanol–water partition coefficient (Wildman–Crippen LogP) is 3.99. The number of rotatable bonds is 7. The smallest absolute Gasteiger partial charge is 0.265 e. The molecule has 4 aromatic carbocycles. The highest BCUT2D eigenvalue weighted by atomic mass is 32.2. The molecule has 0 aliphatic rings. The monoisotopic (exact) mass is 585 g/mol. The first-order valence-electron chi connectivity index (χ1n) is 12.9. The number of nitrogens with one attached hydrogen (secondary N) is 1. The highest BCUT2D eigenvalue weighted by molar-refractivity contribution is 7.67. The molecule has 0 aliphatic heterocycles. The van der Waals surface area contributed by atoms with Gasteiger partial charge in [0.05, 0.1) is 33.8 Å². The Morgan fingerprint density at radius 2 is 1.88 bits per heavy atom. The summed E-state index contributed by atoms with van der Waals surface area (Å²) < 4.78 is 42.5. The Balaban J connectivity index is 1.61. The van der Waals surface area contributed by atoms with E-state index in [1.165, 1.54) is 23.0 Å². The summed E-state index contributed by atoms with van der Waals surface area (Å²) >= 11 is 0. The number of hydrogen-bond acceptors (Lipinski definition) is 7. The summed E-state index contributed by atoms with van der Waals surface area (Å²) in [6, 6.07) is 17.9. The number of nitrogens with zero attached hydrogens (tertiary/aromatic N) is 2. The van der Waals surface area contributed by atoms with Crippen molar-refractivity contribution in [2.75, 3.05) is 0 Å². The summed E-state index contributed by atoms with van der Waals surface area (Å²) in [6.45, 7) is 1.67. The topological polar surface area (TPSA) is 163 Å². The second kappa shape index (κ2) is 10.5. The van der Waals surface area contributed by atoms with Crippen LogP contribution < -0.4 is 17.0 Å². The lowest BCUT2D eigenvalue weighted by Gasteiger charge is -2.17. The van der Waals surface area contributed by atoms with Crippen LogP contribution in [0.4, 0.5) is 4.39 Å². The van der Waals surface area contributed by atoms with Gasteiger partial charge in [-0.1, -0.05) is 30.3 Å².